The summed E-state index contributed by atoms with van der Waals surface area (Å²) in [6, 6.07) is 17.2. The van der Waals surface area contributed by atoms with Gasteiger partial charge in [0.25, 0.3) is 11.5 Å². The summed E-state index contributed by atoms with van der Waals surface area (Å²) in [6.07, 6.45) is 2.06. The molecule has 3 aromatic rings. The van der Waals surface area contributed by atoms with Crippen LogP contribution in [0.1, 0.15) is 43.6 Å². The van der Waals surface area contributed by atoms with Crippen LogP contribution in [-0.2, 0) is 27.2 Å². The Morgan fingerprint density at radius 1 is 1.09 bits per heavy atom. The van der Waals surface area contributed by atoms with Gasteiger partial charge < -0.3 is 10.1 Å². The molecule has 7 nitrogen and oxygen atoms in total. The molecule has 1 unspecified atom stereocenters. The standard InChI is InChI=1S/C25H27N3O4/c1-17(24(30)26-16-15-18-7-3-2-4-8-18)32-23(29)14-13-22-27-21-10-6-5-9-20(21)25(31)28(22)19-11-12-19/h2-10,17,19H,11-16H2,1H3,(H,26,30). The molecule has 2 aromatic carbocycles. The molecule has 0 bridgehead atoms. The number of amides is 1. The molecule has 1 aliphatic carbocycles. The van der Waals surface area contributed by atoms with Crippen LogP contribution in [0, 0.1) is 0 Å². The summed E-state index contributed by atoms with van der Waals surface area (Å²) < 4.78 is 7.02. The summed E-state index contributed by atoms with van der Waals surface area (Å²) in [6.45, 7) is 2.03. The molecule has 1 aliphatic rings. The summed E-state index contributed by atoms with van der Waals surface area (Å²) in [5, 5.41) is 3.39. The fourth-order valence-electron chi connectivity index (χ4n) is 3.72. The lowest BCUT2D eigenvalue weighted by molar-refractivity contribution is -0.154. The van der Waals surface area contributed by atoms with Gasteiger partial charge in [-0.3, -0.25) is 19.0 Å². The number of aromatic nitrogens is 2. The molecular weight excluding hydrogens is 406 g/mol. The number of nitrogens with one attached hydrogen (secondary N) is 1. The molecule has 0 aliphatic heterocycles. The maximum Gasteiger partial charge on any atom is 0.307 e. The fraction of sp³-hybridized carbons (Fsp3) is 0.360. The highest BCUT2D eigenvalue weighted by molar-refractivity contribution is 5.83. The van der Waals surface area contributed by atoms with E-state index in [2.05, 4.69) is 10.3 Å². The Morgan fingerprint density at radius 3 is 2.56 bits per heavy atom. The van der Waals surface area contributed by atoms with E-state index in [0.29, 0.717) is 29.7 Å². The molecule has 1 fully saturated rings. The van der Waals surface area contributed by atoms with Crippen LogP contribution in [0.2, 0.25) is 0 Å². The number of rotatable bonds is 9. The van der Waals surface area contributed by atoms with Crippen molar-refractivity contribution in [1.29, 1.82) is 0 Å². The number of esters is 1. The van der Waals surface area contributed by atoms with Crippen LogP contribution >= 0.6 is 0 Å². The average Bonchev–Trinajstić information content (AvgIpc) is 3.63. The minimum Gasteiger partial charge on any atom is -0.453 e. The van der Waals surface area contributed by atoms with E-state index in [-0.39, 0.29) is 30.3 Å². The first-order valence-electron chi connectivity index (χ1n) is 11.0. The van der Waals surface area contributed by atoms with Crippen molar-refractivity contribution in [2.24, 2.45) is 0 Å². The number of aryl methyl sites for hydroxylation is 1. The van der Waals surface area contributed by atoms with Crippen LogP contribution in [0.4, 0.5) is 0 Å². The van der Waals surface area contributed by atoms with E-state index < -0.39 is 12.1 Å². The van der Waals surface area contributed by atoms with Crippen molar-refractivity contribution < 1.29 is 14.3 Å². The van der Waals surface area contributed by atoms with Gasteiger partial charge in [-0.05, 0) is 43.9 Å². The number of fused-ring (bicyclic) bond motifs is 1. The van der Waals surface area contributed by atoms with Gasteiger partial charge in [0.1, 0.15) is 5.82 Å². The molecule has 1 N–H and O–H groups in total. The summed E-state index contributed by atoms with van der Waals surface area (Å²) in [7, 11) is 0. The Labute approximate surface area is 186 Å². The summed E-state index contributed by atoms with van der Waals surface area (Å²) in [5.74, 6) is -0.221. The second-order valence-electron chi connectivity index (χ2n) is 8.11. The van der Waals surface area contributed by atoms with Crippen LogP contribution in [-0.4, -0.2) is 34.1 Å². The van der Waals surface area contributed by atoms with Crippen molar-refractivity contribution in [1.82, 2.24) is 14.9 Å². The third-order valence-corrected chi connectivity index (χ3v) is 5.58. The number of hydrogen-bond acceptors (Lipinski definition) is 5. The zero-order valence-corrected chi connectivity index (χ0v) is 18.1. The minimum absolute atomic E-state index is 0.0547. The molecule has 0 saturated heterocycles. The third kappa shape index (κ3) is 5.22. The van der Waals surface area contributed by atoms with E-state index in [0.717, 1.165) is 18.4 Å². The molecular formula is C25H27N3O4. The molecule has 1 atom stereocenters. The molecule has 1 saturated carbocycles. The van der Waals surface area contributed by atoms with Crippen LogP contribution in [0.25, 0.3) is 10.9 Å². The van der Waals surface area contributed by atoms with Gasteiger partial charge >= 0.3 is 5.97 Å². The Morgan fingerprint density at radius 2 is 1.81 bits per heavy atom. The zero-order chi connectivity index (χ0) is 22.5. The lowest BCUT2D eigenvalue weighted by Crippen LogP contribution is -2.37. The van der Waals surface area contributed by atoms with E-state index in [1.807, 2.05) is 42.5 Å². The Kier molecular flexibility index (Phi) is 6.63. The summed E-state index contributed by atoms with van der Waals surface area (Å²) >= 11 is 0. The molecule has 166 valence electrons. The highest BCUT2D eigenvalue weighted by Gasteiger charge is 2.28. The Balaban J connectivity index is 1.32. The number of benzene rings is 2. The van der Waals surface area contributed by atoms with Crippen molar-refractivity contribution in [3.63, 3.8) is 0 Å². The molecule has 0 radical (unpaired) electrons. The SMILES string of the molecule is CC(OC(=O)CCc1nc2ccccc2c(=O)n1C1CC1)C(=O)NCCc1ccccc1. The molecule has 1 amide bonds. The lowest BCUT2D eigenvalue weighted by Gasteiger charge is -2.15. The first-order chi connectivity index (χ1) is 15.5. The number of nitrogens with zero attached hydrogens (tertiary/aromatic N) is 2. The van der Waals surface area contributed by atoms with E-state index in [4.69, 9.17) is 4.74 Å². The Hall–Kier alpha value is -3.48. The van der Waals surface area contributed by atoms with Crippen LogP contribution < -0.4 is 10.9 Å². The number of ether oxygens (including phenoxy) is 1. The van der Waals surface area contributed by atoms with Gasteiger partial charge in [0.15, 0.2) is 6.10 Å². The number of carbonyl (C=O) groups excluding carboxylic acids is 2. The van der Waals surface area contributed by atoms with Crippen molar-refractivity contribution >= 4 is 22.8 Å². The topological polar surface area (TPSA) is 90.3 Å². The largest absolute Gasteiger partial charge is 0.453 e. The average molecular weight is 434 g/mol. The quantitative estimate of drug-likeness (QED) is 0.524. The van der Waals surface area contributed by atoms with E-state index in [1.54, 1.807) is 23.6 Å². The summed E-state index contributed by atoms with van der Waals surface area (Å²) in [5.41, 5.74) is 1.69. The number of hydrogen-bond donors (Lipinski definition) is 1. The van der Waals surface area contributed by atoms with E-state index in [9.17, 15) is 14.4 Å². The number of para-hydroxylation sites is 1. The van der Waals surface area contributed by atoms with Gasteiger partial charge in [0, 0.05) is 19.0 Å². The number of carbonyl (C=O) groups is 2. The van der Waals surface area contributed by atoms with Gasteiger partial charge in [-0.25, -0.2) is 4.98 Å². The van der Waals surface area contributed by atoms with Gasteiger partial charge in [-0.2, -0.15) is 0 Å². The van der Waals surface area contributed by atoms with E-state index >= 15 is 0 Å². The fourth-order valence-corrected chi connectivity index (χ4v) is 3.72. The second kappa shape index (κ2) is 9.77. The molecule has 1 aromatic heterocycles. The van der Waals surface area contributed by atoms with Crippen LogP contribution in [0.15, 0.2) is 59.4 Å². The van der Waals surface area contributed by atoms with Crippen LogP contribution in [0.5, 0.6) is 0 Å². The van der Waals surface area contributed by atoms with Gasteiger partial charge in [0.05, 0.1) is 17.3 Å². The molecule has 4 rings (SSSR count). The van der Waals surface area contributed by atoms with Crippen molar-refractivity contribution in [2.75, 3.05) is 6.54 Å². The first-order valence-corrected chi connectivity index (χ1v) is 11.0. The minimum atomic E-state index is -0.881. The van der Waals surface area contributed by atoms with Crippen molar-refractivity contribution in [2.45, 2.75) is 51.2 Å². The molecule has 7 heteroatoms. The van der Waals surface area contributed by atoms with Crippen LogP contribution in [0.3, 0.4) is 0 Å². The predicted octanol–water partition coefficient (Wildman–Crippen LogP) is 2.95. The smallest absolute Gasteiger partial charge is 0.307 e. The second-order valence-corrected chi connectivity index (χ2v) is 8.11. The monoisotopic (exact) mass is 433 g/mol. The predicted molar refractivity (Wildman–Crippen MR) is 121 cm³/mol. The molecule has 0 spiro atoms. The Bertz CT molecular complexity index is 1170. The molecule has 32 heavy (non-hydrogen) atoms. The van der Waals surface area contributed by atoms with Crippen molar-refractivity contribution in [3.8, 4) is 0 Å². The third-order valence-electron chi connectivity index (χ3n) is 5.58. The molecule has 1 heterocycles. The maximum absolute atomic E-state index is 12.9. The maximum atomic E-state index is 12.9. The normalized spacial score (nSPS) is 14.2. The van der Waals surface area contributed by atoms with Gasteiger partial charge in [-0.1, -0.05) is 42.5 Å². The zero-order valence-electron chi connectivity index (χ0n) is 18.1. The highest BCUT2D eigenvalue weighted by Crippen LogP contribution is 2.34. The van der Waals surface area contributed by atoms with E-state index in [1.165, 1.54) is 0 Å². The van der Waals surface area contributed by atoms with Crippen molar-refractivity contribution in [3.05, 3.63) is 76.3 Å². The lowest BCUT2D eigenvalue weighted by atomic mass is 10.1. The first kappa shape index (κ1) is 21.7. The highest BCUT2D eigenvalue weighted by atomic mass is 16.5. The summed E-state index contributed by atoms with van der Waals surface area (Å²) in [4.78, 5) is 42.1. The van der Waals surface area contributed by atoms with Gasteiger partial charge in [-0.15, -0.1) is 0 Å². The van der Waals surface area contributed by atoms with Gasteiger partial charge in [0.2, 0.25) is 0 Å².